The molecule has 10 heteroatoms. The second-order valence-corrected chi connectivity index (χ2v) is 6.89. The molecule has 154 valence electrons. The lowest BCUT2D eigenvalue weighted by Gasteiger charge is -2.28. The van der Waals surface area contributed by atoms with Gasteiger partial charge < -0.3 is 32.1 Å². The first kappa shape index (κ1) is 22.8. The van der Waals surface area contributed by atoms with Crippen LogP contribution in [0.25, 0.3) is 0 Å². The van der Waals surface area contributed by atoms with E-state index >= 15 is 0 Å². The maximum Gasteiger partial charge on any atom is 0.326 e. The van der Waals surface area contributed by atoms with Crippen LogP contribution >= 0.6 is 0 Å². The number of hydrogen-bond acceptors (Lipinski definition) is 6. The zero-order valence-corrected chi connectivity index (χ0v) is 15.9. The van der Waals surface area contributed by atoms with E-state index in [9.17, 15) is 24.3 Å². The molecule has 7 N–H and O–H groups in total. The fourth-order valence-corrected chi connectivity index (χ4v) is 2.98. The molecule has 10 nitrogen and oxygen atoms in total. The SMILES string of the molecule is CC(N)C(=O)NC(C)C(=O)N1CCCC1C(=O)NC(CCCCN)C(=O)O. The molecular formula is C17H31N5O5. The van der Waals surface area contributed by atoms with Crippen molar-refractivity contribution in [2.75, 3.05) is 13.1 Å². The predicted octanol–water partition coefficient (Wildman–Crippen LogP) is -1.47. The van der Waals surface area contributed by atoms with Gasteiger partial charge in [0, 0.05) is 6.54 Å². The summed E-state index contributed by atoms with van der Waals surface area (Å²) in [5.74, 6) is -2.46. The van der Waals surface area contributed by atoms with Crippen LogP contribution < -0.4 is 22.1 Å². The van der Waals surface area contributed by atoms with Crippen LogP contribution in [0.5, 0.6) is 0 Å². The molecule has 0 aromatic rings. The van der Waals surface area contributed by atoms with Crippen molar-refractivity contribution in [3.05, 3.63) is 0 Å². The van der Waals surface area contributed by atoms with E-state index < -0.39 is 47.9 Å². The molecule has 0 spiro atoms. The van der Waals surface area contributed by atoms with Crippen molar-refractivity contribution in [2.24, 2.45) is 11.5 Å². The van der Waals surface area contributed by atoms with Crippen molar-refractivity contribution >= 4 is 23.7 Å². The molecule has 4 unspecified atom stereocenters. The topological polar surface area (TPSA) is 168 Å². The number of likely N-dealkylation sites (tertiary alicyclic amines) is 1. The van der Waals surface area contributed by atoms with Crippen LogP contribution in [0.4, 0.5) is 0 Å². The third-order valence-electron chi connectivity index (χ3n) is 4.54. The third kappa shape index (κ3) is 6.79. The number of nitrogens with zero attached hydrogens (tertiary/aromatic N) is 1. The van der Waals surface area contributed by atoms with Gasteiger partial charge in [-0.2, -0.15) is 0 Å². The van der Waals surface area contributed by atoms with Crippen molar-refractivity contribution in [2.45, 2.75) is 70.1 Å². The lowest BCUT2D eigenvalue weighted by molar-refractivity contribution is -0.144. The summed E-state index contributed by atoms with van der Waals surface area (Å²) in [5.41, 5.74) is 10.9. The van der Waals surface area contributed by atoms with Gasteiger partial charge >= 0.3 is 5.97 Å². The Morgan fingerprint density at radius 3 is 2.41 bits per heavy atom. The predicted molar refractivity (Wildman–Crippen MR) is 98.5 cm³/mol. The van der Waals surface area contributed by atoms with Crippen molar-refractivity contribution in [3.63, 3.8) is 0 Å². The lowest BCUT2D eigenvalue weighted by Crippen LogP contribution is -2.55. The summed E-state index contributed by atoms with van der Waals surface area (Å²) in [6.07, 6.45) is 2.61. The summed E-state index contributed by atoms with van der Waals surface area (Å²) < 4.78 is 0. The zero-order valence-electron chi connectivity index (χ0n) is 15.9. The van der Waals surface area contributed by atoms with Gasteiger partial charge in [0.2, 0.25) is 17.7 Å². The Kier molecular flexibility index (Phi) is 9.16. The number of amides is 3. The molecule has 0 aromatic carbocycles. The molecule has 0 bridgehead atoms. The Hall–Kier alpha value is -2.20. The van der Waals surface area contributed by atoms with Crippen molar-refractivity contribution in [3.8, 4) is 0 Å². The molecule has 0 aliphatic carbocycles. The van der Waals surface area contributed by atoms with Crippen LogP contribution in [-0.2, 0) is 19.2 Å². The van der Waals surface area contributed by atoms with Crippen molar-refractivity contribution in [1.82, 2.24) is 15.5 Å². The monoisotopic (exact) mass is 385 g/mol. The highest BCUT2D eigenvalue weighted by Crippen LogP contribution is 2.19. The summed E-state index contributed by atoms with van der Waals surface area (Å²) in [4.78, 5) is 49.6. The Labute approximate surface area is 159 Å². The molecule has 0 saturated carbocycles. The average molecular weight is 385 g/mol. The summed E-state index contributed by atoms with van der Waals surface area (Å²) >= 11 is 0. The first-order valence-electron chi connectivity index (χ1n) is 9.28. The second-order valence-electron chi connectivity index (χ2n) is 6.89. The van der Waals surface area contributed by atoms with E-state index in [4.69, 9.17) is 11.5 Å². The number of nitrogens with two attached hydrogens (primary N) is 2. The summed E-state index contributed by atoms with van der Waals surface area (Å²) in [6, 6.07) is -3.33. The molecule has 1 aliphatic rings. The molecular weight excluding hydrogens is 354 g/mol. The van der Waals surface area contributed by atoms with Gasteiger partial charge in [0.25, 0.3) is 0 Å². The molecule has 0 aromatic heterocycles. The van der Waals surface area contributed by atoms with Gasteiger partial charge in [-0.3, -0.25) is 14.4 Å². The van der Waals surface area contributed by atoms with Gasteiger partial charge in [0.15, 0.2) is 0 Å². The molecule has 4 atom stereocenters. The van der Waals surface area contributed by atoms with Crippen LogP contribution in [0.3, 0.4) is 0 Å². The number of aliphatic carboxylic acids is 1. The Balaban J connectivity index is 2.71. The van der Waals surface area contributed by atoms with E-state index in [0.717, 1.165) is 0 Å². The largest absolute Gasteiger partial charge is 0.480 e. The molecule has 3 amide bonds. The first-order chi connectivity index (χ1) is 12.7. The Morgan fingerprint density at radius 2 is 1.85 bits per heavy atom. The van der Waals surface area contributed by atoms with Crippen LogP contribution in [0.2, 0.25) is 0 Å². The quantitative estimate of drug-likeness (QED) is 0.286. The van der Waals surface area contributed by atoms with Crippen LogP contribution in [0.1, 0.15) is 46.0 Å². The smallest absolute Gasteiger partial charge is 0.326 e. The molecule has 1 heterocycles. The number of rotatable bonds is 10. The van der Waals surface area contributed by atoms with E-state index in [1.54, 1.807) is 0 Å². The molecule has 1 saturated heterocycles. The van der Waals surface area contributed by atoms with Gasteiger partial charge in [-0.15, -0.1) is 0 Å². The summed E-state index contributed by atoms with van der Waals surface area (Å²) in [6.45, 7) is 3.87. The van der Waals surface area contributed by atoms with Crippen LogP contribution in [0, 0.1) is 0 Å². The second kappa shape index (κ2) is 10.8. The summed E-state index contributed by atoms with van der Waals surface area (Å²) in [7, 11) is 0. The van der Waals surface area contributed by atoms with Crippen LogP contribution in [-0.4, -0.2) is 71.0 Å². The van der Waals surface area contributed by atoms with Crippen LogP contribution in [0.15, 0.2) is 0 Å². The fraction of sp³-hybridized carbons (Fsp3) is 0.765. The number of carboxylic acids is 1. The number of carboxylic acid groups (broad SMARTS) is 1. The molecule has 1 fully saturated rings. The lowest BCUT2D eigenvalue weighted by atomic mass is 10.1. The zero-order chi connectivity index (χ0) is 20.6. The minimum Gasteiger partial charge on any atom is -0.480 e. The molecule has 1 rings (SSSR count). The highest BCUT2D eigenvalue weighted by atomic mass is 16.4. The standard InChI is InChI=1S/C17H31N5O5/c1-10(19)14(23)20-11(2)16(25)22-9-5-7-13(22)15(24)21-12(17(26)27)6-3-4-8-18/h10-13H,3-9,18-19H2,1-2H3,(H,20,23)(H,21,24)(H,26,27). The number of carbonyl (C=O) groups is 4. The van der Waals surface area contributed by atoms with E-state index in [1.165, 1.54) is 18.7 Å². The first-order valence-corrected chi connectivity index (χ1v) is 9.28. The Morgan fingerprint density at radius 1 is 1.19 bits per heavy atom. The Bertz CT molecular complexity index is 554. The maximum atomic E-state index is 12.6. The summed E-state index contributed by atoms with van der Waals surface area (Å²) in [5, 5.41) is 14.3. The highest BCUT2D eigenvalue weighted by molar-refractivity contribution is 5.94. The normalized spacial score (nSPS) is 19.9. The number of carbonyl (C=O) groups excluding carboxylic acids is 3. The van der Waals surface area contributed by atoms with Crippen molar-refractivity contribution < 1.29 is 24.3 Å². The van der Waals surface area contributed by atoms with E-state index in [2.05, 4.69) is 10.6 Å². The number of hydrogen-bond donors (Lipinski definition) is 5. The number of unbranched alkanes of at least 4 members (excludes halogenated alkanes) is 1. The van der Waals surface area contributed by atoms with Gasteiger partial charge in [-0.25, -0.2) is 4.79 Å². The minimum atomic E-state index is -1.12. The maximum absolute atomic E-state index is 12.6. The van der Waals surface area contributed by atoms with E-state index in [-0.39, 0.29) is 6.42 Å². The van der Waals surface area contributed by atoms with E-state index in [0.29, 0.717) is 38.8 Å². The van der Waals surface area contributed by atoms with Gasteiger partial charge in [-0.1, -0.05) is 0 Å². The number of nitrogens with one attached hydrogen (secondary N) is 2. The molecule has 1 aliphatic heterocycles. The van der Waals surface area contributed by atoms with Gasteiger partial charge in [-0.05, 0) is 52.5 Å². The van der Waals surface area contributed by atoms with E-state index in [1.807, 2.05) is 0 Å². The third-order valence-corrected chi connectivity index (χ3v) is 4.54. The van der Waals surface area contributed by atoms with Gasteiger partial charge in [0.1, 0.15) is 18.1 Å². The molecule has 0 radical (unpaired) electrons. The fourth-order valence-electron chi connectivity index (χ4n) is 2.98. The minimum absolute atomic E-state index is 0.278. The van der Waals surface area contributed by atoms with Crippen molar-refractivity contribution in [1.29, 1.82) is 0 Å². The van der Waals surface area contributed by atoms with Gasteiger partial charge in [0.05, 0.1) is 6.04 Å². The molecule has 27 heavy (non-hydrogen) atoms. The average Bonchev–Trinajstić information content (AvgIpc) is 3.09. The highest BCUT2D eigenvalue weighted by Gasteiger charge is 2.37.